The molecule has 0 aliphatic heterocycles. The normalized spacial score (nSPS) is 15.3. The molecule has 2 aromatic carbocycles. The van der Waals surface area contributed by atoms with Crippen molar-refractivity contribution in [1.82, 2.24) is 0 Å². The van der Waals surface area contributed by atoms with Gasteiger partial charge in [-0.3, -0.25) is 15.5 Å². The standard InChI is InChI=1S/C17H17N3O3/c1-11-8-9-16(21)17-14(11)6-3-7-15(17)19-18-12-4-2-5-13(10-12)20(22)23/h2,4-5,8-10,18,21H,3,6-7H2,1H3/b19-15+. The van der Waals surface area contributed by atoms with Crippen LogP contribution in [0.1, 0.15) is 29.5 Å². The van der Waals surface area contributed by atoms with Crippen LogP contribution in [0.25, 0.3) is 0 Å². The maximum atomic E-state index is 10.8. The van der Waals surface area contributed by atoms with E-state index in [4.69, 9.17) is 0 Å². The van der Waals surface area contributed by atoms with E-state index in [-0.39, 0.29) is 11.4 Å². The highest BCUT2D eigenvalue weighted by Gasteiger charge is 2.21. The third-order valence-electron chi connectivity index (χ3n) is 4.03. The monoisotopic (exact) mass is 311 g/mol. The second-order valence-corrected chi connectivity index (χ2v) is 5.59. The third kappa shape index (κ3) is 3.01. The molecule has 6 heteroatoms. The van der Waals surface area contributed by atoms with Crippen LogP contribution in [0.3, 0.4) is 0 Å². The topological polar surface area (TPSA) is 87.8 Å². The van der Waals surface area contributed by atoms with E-state index in [1.807, 2.05) is 13.0 Å². The maximum absolute atomic E-state index is 10.8. The van der Waals surface area contributed by atoms with Gasteiger partial charge < -0.3 is 5.11 Å². The van der Waals surface area contributed by atoms with Gasteiger partial charge in [0, 0.05) is 17.7 Å². The minimum Gasteiger partial charge on any atom is -0.507 e. The van der Waals surface area contributed by atoms with Gasteiger partial charge in [-0.2, -0.15) is 5.10 Å². The van der Waals surface area contributed by atoms with Gasteiger partial charge in [0.15, 0.2) is 0 Å². The predicted octanol–water partition coefficient (Wildman–Crippen LogP) is 3.76. The molecule has 1 aliphatic carbocycles. The first kappa shape index (κ1) is 15.0. The Labute approximate surface area is 133 Å². The first-order valence-corrected chi connectivity index (χ1v) is 7.45. The van der Waals surface area contributed by atoms with Gasteiger partial charge in [-0.25, -0.2) is 0 Å². The Morgan fingerprint density at radius 1 is 1.26 bits per heavy atom. The zero-order valence-electron chi connectivity index (χ0n) is 12.7. The van der Waals surface area contributed by atoms with E-state index in [0.29, 0.717) is 5.69 Å². The Bertz CT molecular complexity index is 800. The number of rotatable bonds is 3. The molecule has 118 valence electrons. The molecule has 0 atom stereocenters. The van der Waals surface area contributed by atoms with Crippen LogP contribution >= 0.6 is 0 Å². The lowest BCUT2D eigenvalue weighted by Gasteiger charge is -2.21. The number of nitro groups is 1. The SMILES string of the molecule is Cc1ccc(O)c2c1CCC/C2=N\Nc1cccc([N+](=O)[O-])c1. The van der Waals surface area contributed by atoms with Crippen molar-refractivity contribution in [2.75, 3.05) is 5.43 Å². The second kappa shape index (κ2) is 6.08. The summed E-state index contributed by atoms with van der Waals surface area (Å²) in [6, 6.07) is 9.79. The number of aryl methyl sites for hydroxylation is 1. The summed E-state index contributed by atoms with van der Waals surface area (Å²) in [6.45, 7) is 2.02. The predicted molar refractivity (Wildman–Crippen MR) is 89.0 cm³/mol. The van der Waals surface area contributed by atoms with Crippen LogP contribution in [-0.2, 0) is 6.42 Å². The number of hydrogen-bond acceptors (Lipinski definition) is 5. The average molecular weight is 311 g/mol. The van der Waals surface area contributed by atoms with E-state index in [0.717, 1.165) is 41.7 Å². The molecule has 2 aromatic rings. The van der Waals surface area contributed by atoms with Crippen LogP contribution in [0.5, 0.6) is 5.75 Å². The molecule has 23 heavy (non-hydrogen) atoms. The summed E-state index contributed by atoms with van der Waals surface area (Å²) in [4.78, 5) is 10.4. The van der Waals surface area contributed by atoms with Gasteiger partial charge in [-0.1, -0.05) is 12.1 Å². The summed E-state index contributed by atoms with van der Waals surface area (Å²) in [6.07, 6.45) is 2.64. The summed E-state index contributed by atoms with van der Waals surface area (Å²) >= 11 is 0. The maximum Gasteiger partial charge on any atom is 0.271 e. The number of phenolic OH excluding ortho intramolecular Hbond substituents is 1. The fourth-order valence-electron chi connectivity index (χ4n) is 2.87. The Morgan fingerprint density at radius 2 is 2.09 bits per heavy atom. The van der Waals surface area contributed by atoms with Crippen molar-refractivity contribution in [3.05, 3.63) is 63.2 Å². The molecule has 0 bridgehead atoms. The van der Waals surface area contributed by atoms with Crippen LogP contribution in [0.2, 0.25) is 0 Å². The molecule has 0 amide bonds. The minimum absolute atomic E-state index is 0.0120. The molecule has 0 unspecified atom stereocenters. The van der Waals surface area contributed by atoms with Crippen molar-refractivity contribution in [3.8, 4) is 5.75 Å². The molecule has 1 aliphatic rings. The number of fused-ring (bicyclic) bond motifs is 1. The minimum atomic E-state index is -0.441. The van der Waals surface area contributed by atoms with Crippen LogP contribution < -0.4 is 5.43 Å². The molecule has 0 aromatic heterocycles. The van der Waals surface area contributed by atoms with Crippen molar-refractivity contribution < 1.29 is 10.0 Å². The number of hydrogen-bond donors (Lipinski definition) is 2. The Balaban J connectivity index is 1.92. The van der Waals surface area contributed by atoms with Crippen LogP contribution in [0.4, 0.5) is 11.4 Å². The lowest BCUT2D eigenvalue weighted by Crippen LogP contribution is -2.15. The highest BCUT2D eigenvalue weighted by atomic mass is 16.6. The van der Waals surface area contributed by atoms with Crippen LogP contribution in [-0.4, -0.2) is 15.7 Å². The zero-order chi connectivity index (χ0) is 16.4. The van der Waals surface area contributed by atoms with Gasteiger partial charge in [-0.15, -0.1) is 0 Å². The van der Waals surface area contributed by atoms with E-state index in [1.165, 1.54) is 12.1 Å². The number of nitro benzene ring substituents is 1. The van der Waals surface area contributed by atoms with E-state index in [2.05, 4.69) is 10.5 Å². The van der Waals surface area contributed by atoms with E-state index in [9.17, 15) is 15.2 Å². The quantitative estimate of drug-likeness (QED) is 0.667. The van der Waals surface area contributed by atoms with Crippen LogP contribution in [0.15, 0.2) is 41.5 Å². The lowest BCUT2D eigenvalue weighted by atomic mass is 9.86. The number of hydrazone groups is 1. The van der Waals surface area contributed by atoms with E-state index in [1.54, 1.807) is 18.2 Å². The second-order valence-electron chi connectivity index (χ2n) is 5.59. The number of benzene rings is 2. The van der Waals surface area contributed by atoms with Crippen LogP contribution in [0, 0.1) is 17.0 Å². The lowest BCUT2D eigenvalue weighted by molar-refractivity contribution is -0.384. The summed E-state index contributed by atoms with van der Waals surface area (Å²) in [7, 11) is 0. The highest BCUT2D eigenvalue weighted by molar-refractivity contribution is 6.05. The summed E-state index contributed by atoms with van der Waals surface area (Å²) in [5, 5.41) is 25.4. The number of non-ortho nitro benzene ring substituents is 1. The molecule has 6 nitrogen and oxygen atoms in total. The number of nitrogens with zero attached hydrogens (tertiary/aromatic N) is 2. The third-order valence-corrected chi connectivity index (χ3v) is 4.03. The van der Waals surface area contributed by atoms with Gasteiger partial charge in [0.2, 0.25) is 0 Å². The largest absolute Gasteiger partial charge is 0.507 e. The fourth-order valence-corrected chi connectivity index (χ4v) is 2.87. The van der Waals surface area contributed by atoms with Gasteiger partial charge in [-0.05, 0) is 49.4 Å². The van der Waals surface area contributed by atoms with Crippen molar-refractivity contribution in [3.63, 3.8) is 0 Å². The van der Waals surface area contributed by atoms with E-state index >= 15 is 0 Å². The van der Waals surface area contributed by atoms with E-state index < -0.39 is 4.92 Å². The first-order valence-electron chi connectivity index (χ1n) is 7.45. The number of phenols is 1. The zero-order valence-corrected chi connectivity index (χ0v) is 12.7. The van der Waals surface area contributed by atoms with Gasteiger partial charge in [0.25, 0.3) is 5.69 Å². The van der Waals surface area contributed by atoms with Gasteiger partial charge in [0.1, 0.15) is 5.75 Å². The van der Waals surface area contributed by atoms with Crippen molar-refractivity contribution in [2.24, 2.45) is 5.10 Å². The summed E-state index contributed by atoms with van der Waals surface area (Å²) < 4.78 is 0. The molecule has 0 fully saturated rings. The molecule has 0 saturated carbocycles. The highest BCUT2D eigenvalue weighted by Crippen LogP contribution is 2.31. The molecular weight excluding hydrogens is 294 g/mol. The smallest absolute Gasteiger partial charge is 0.271 e. The average Bonchev–Trinajstić information content (AvgIpc) is 2.56. The first-order chi connectivity index (χ1) is 11.1. The molecule has 0 spiro atoms. The van der Waals surface area contributed by atoms with Crippen molar-refractivity contribution in [2.45, 2.75) is 26.2 Å². The number of aromatic hydroxyl groups is 1. The summed E-state index contributed by atoms with van der Waals surface area (Å²) in [5.74, 6) is 0.227. The molecule has 0 heterocycles. The molecule has 3 rings (SSSR count). The van der Waals surface area contributed by atoms with Crippen molar-refractivity contribution in [1.29, 1.82) is 0 Å². The number of nitrogens with one attached hydrogen (secondary N) is 1. The van der Waals surface area contributed by atoms with Gasteiger partial charge >= 0.3 is 0 Å². The molecule has 0 saturated heterocycles. The Hall–Kier alpha value is -2.89. The summed E-state index contributed by atoms with van der Waals surface area (Å²) in [5.41, 5.74) is 7.25. The fraction of sp³-hybridized carbons (Fsp3) is 0.235. The number of anilines is 1. The van der Waals surface area contributed by atoms with Gasteiger partial charge in [0.05, 0.1) is 16.3 Å². The molecule has 2 N–H and O–H groups in total. The molecule has 0 radical (unpaired) electrons. The molecular formula is C17H17N3O3. The Morgan fingerprint density at radius 3 is 2.87 bits per heavy atom. The van der Waals surface area contributed by atoms with Crippen molar-refractivity contribution >= 4 is 17.1 Å². The Kier molecular flexibility index (Phi) is 3.97.